The van der Waals surface area contributed by atoms with Gasteiger partial charge in [0.1, 0.15) is 0 Å². The minimum Gasteiger partial charge on any atom is -0.468 e. The highest BCUT2D eigenvalue weighted by Gasteiger charge is 2.54. The smallest absolute Gasteiger partial charge is 0.333 e. The largest absolute Gasteiger partial charge is 0.468 e. The van der Waals surface area contributed by atoms with Gasteiger partial charge in [0.2, 0.25) is 0 Å². The second-order valence-corrected chi connectivity index (χ2v) is 5.00. The summed E-state index contributed by atoms with van der Waals surface area (Å²) in [6, 6.07) is 0. The Bertz CT molecular complexity index is 438. The molecule has 21 heavy (non-hydrogen) atoms. The molecule has 0 aliphatic heterocycles. The van der Waals surface area contributed by atoms with E-state index in [-0.39, 0.29) is 24.8 Å². The van der Waals surface area contributed by atoms with Gasteiger partial charge in [-0.1, -0.05) is 6.58 Å². The van der Waals surface area contributed by atoms with Gasteiger partial charge >= 0.3 is 17.9 Å². The Hall–Kier alpha value is -1.89. The fourth-order valence-corrected chi connectivity index (χ4v) is 2.73. The van der Waals surface area contributed by atoms with Crippen LogP contribution in [-0.2, 0) is 28.6 Å². The molecule has 0 aromatic carbocycles. The molecule has 0 bridgehead atoms. The normalized spacial score (nSPS) is 23.8. The number of rotatable bonds is 4. The van der Waals surface area contributed by atoms with Crippen molar-refractivity contribution < 1.29 is 33.7 Å². The summed E-state index contributed by atoms with van der Waals surface area (Å²) in [6.07, 6.45) is -0.959. The number of carbonyl (C=O) groups is 3. The van der Waals surface area contributed by atoms with Crippen molar-refractivity contribution >= 4 is 17.9 Å². The van der Waals surface area contributed by atoms with Crippen molar-refractivity contribution in [3.63, 3.8) is 0 Å². The van der Waals surface area contributed by atoms with Crippen LogP contribution >= 0.6 is 0 Å². The van der Waals surface area contributed by atoms with Crippen molar-refractivity contribution in [1.29, 1.82) is 0 Å². The van der Waals surface area contributed by atoms with Gasteiger partial charge < -0.3 is 19.3 Å². The molecule has 118 valence electrons. The van der Waals surface area contributed by atoms with E-state index in [0.29, 0.717) is 0 Å². The summed E-state index contributed by atoms with van der Waals surface area (Å²) in [5, 5.41) is 10.2. The van der Waals surface area contributed by atoms with Gasteiger partial charge in [0, 0.05) is 17.9 Å². The molecule has 0 heterocycles. The molecule has 2 atom stereocenters. The molecule has 7 nitrogen and oxygen atoms in total. The van der Waals surface area contributed by atoms with E-state index >= 15 is 0 Å². The highest BCUT2D eigenvalue weighted by molar-refractivity contribution is 6.00. The van der Waals surface area contributed by atoms with E-state index in [1.807, 2.05) is 0 Å². The number of methoxy groups -OCH3 is 3. The fourth-order valence-electron chi connectivity index (χ4n) is 2.73. The number of ether oxygens (including phenoxy) is 3. The van der Waals surface area contributed by atoms with Gasteiger partial charge in [-0.2, -0.15) is 0 Å². The lowest BCUT2D eigenvalue weighted by Crippen LogP contribution is -2.49. The maximum atomic E-state index is 12.0. The van der Waals surface area contributed by atoms with Gasteiger partial charge in [0.15, 0.2) is 5.41 Å². The number of carbonyl (C=O) groups excluding carboxylic acids is 3. The first-order chi connectivity index (χ1) is 9.83. The molecule has 1 aliphatic rings. The van der Waals surface area contributed by atoms with Crippen LogP contribution in [-0.4, -0.2) is 50.4 Å². The lowest BCUT2D eigenvalue weighted by atomic mass is 9.67. The van der Waals surface area contributed by atoms with E-state index in [1.165, 1.54) is 21.3 Å². The van der Waals surface area contributed by atoms with Crippen LogP contribution in [0, 0.1) is 11.3 Å². The minimum absolute atomic E-state index is 0.101. The number of aliphatic hydroxyl groups excluding tert-OH is 1. The zero-order chi connectivity index (χ0) is 16.2. The topological polar surface area (TPSA) is 99.1 Å². The maximum Gasteiger partial charge on any atom is 0.333 e. The third-order valence-corrected chi connectivity index (χ3v) is 3.95. The van der Waals surface area contributed by atoms with Gasteiger partial charge in [-0.15, -0.1) is 0 Å². The average molecular weight is 300 g/mol. The van der Waals surface area contributed by atoms with Crippen molar-refractivity contribution in [2.45, 2.75) is 25.4 Å². The van der Waals surface area contributed by atoms with Crippen LogP contribution in [0.3, 0.4) is 0 Å². The van der Waals surface area contributed by atoms with Crippen LogP contribution in [0.2, 0.25) is 0 Å². The predicted molar refractivity (Wildman–Crippen MR) is 71.0 cm³/mol. The Kier molecular flexibility index (Phi) is 5.48. The van der Waals surface area contributed by atoms with Crippen LogP contribution in [0.15, 0.2) is 12.2 Å². The van der Waals surface area contributed by atoms with Crippen LogP contribution in [0.25, 0.3) is 0 Å². The number of aliphatic hydroxyl groups is 1. The standard InChI is InChI=1S/C14H20O7/c1-8(11(16)19-2)9-5-6-14(7-10(9)15,12(17)20-3)13(18)21-4/h9-10,15H,1,5-7H2,2-4H3/t9-,10-/m0/s1. The van der Waals surface area contributed by atoms with Crippen molar-refractivity contribution in [2.75, 3.05) is 21.3 Å². The number of hydrogen-bond donors (Lipinski definition) is 1. The lowest BCUT2D eigenvalue weighted by molar-refractivity contribution is -0.176. The predicted octanol–water partition coefficient (Wildman–Crippen LogP) is 0.209. The Morgan fingerprint density at radius 1 is 1.10 bits per heavy atom. The van der Waals surface area contributed by atoms with E-state index in [1.54, 1.807) is 0 Å². The molecule has 0 unspecified atom stereocenters. The minimum atomic E-state index is -1.55. The summed E-state index contributed by atoms with van der Waals surface area (Å²) in [5.41, 5.74) is -1.43. The number of hydrogen-bond acceptors (Lipinski definition) is 7. The van der Waals surface area contributed by atoms with Crippen LogP contribution < -0.4 is 0 Å². The van der Waals surface area contributed by atoms with Crippen LogP contribution in [0.5, 0.6) is 0 Å². The molecule has 7 heteroatoms. The molecule has 0 aromatic rings. The summed E-state index contributed by atoms with van der Waals surface area (Å²) in [7, 11) is 3.55. The van der Waals surface area contributed by atoms with Crippen molar-refractivity contribution in [2.24, 2.45) is 11.3 Å². The molecular formula is C14H20O7. The molecule has 0 amide bonds. The second-order valence-electron chi connectivity index (χ2n) is 5.00. The molecule has 1 N–H and O–H groups in total. The second kappa shape index (κ2) is 6.71. The zero-order valence-corrected chi connectivity index (χ0v) is 12.4. The molecule has 0 spiro atoms. The SMILES string of the molecule is C=C(C(=O)OC)[C@@H]1CCC(C(=O)OC)(C(=O)OC)C[C@@H]1O. The average Bonchev–Trinajstić information content (AvgIpc) is 2.51. The molecule has 1 fully saturated rings. The summed E-state index contributed by atoms with van der Waals surface area (Å²) in [4.78, 5) is 35.4. The van der Waals surface area contributed by atoms with E-state index < -0.39 is 35.3 Å². The summed E-state index contributed by atoms with van der Waals surface area (Å²) >= 11 is 0. The Morgan fingerprint density at radius 3 is 2.00 bits per heavy atom. The summed E-state index contributed by atoms with van der Waals surface area (Å²) in [5.74, 6) is -2.70. The molecule has 0 saturated heterocycles. The highest BCUT2D eigenvalue weighted by Crippen LogP contribution is 2.43. The lowest BCUT2D eigenvalue weighted by Gasteiger charge is -2.38. The van der Waals surface area contributed by atoms with Crippen molar-refractivity contribution in [1.82, 2.24) is 0 Å². The molecule has 1 saturated carbocycles. The Morgan fingerprint density at radius 2 is 1.62 bits per heavy atom. The molecule has 0 radical (unpaired) electrons. The Balaban J connectivity index is 2.99. The van der Waals surface area contributed by atoms with E-state index in [0.717, 1.165) is 0 Å². The quantitative estimate of drug-likeness (QED) is 0.343. The van der Waals surface area contributed by atoms with Crippen molar-refractivity contribution in [3.05, 3.63) is 12.2 Å². The van der Waals surface area contributed by atoms with Gasteiger partial charge in [-0.05, 0) is 12.8 Å². The molecule has 0 aromatic heterocycles. The summed E-state index contributed by atoms with van der Waals surface area (Å²) in [6.45, 7) is 3.61. The van der Waals surface area contributed by atoms with Gasteiger partial charge in [0.25, 0.3) is 0 Å². The Labute approximate surface area is 122 Å². The first-order valence-corrected chi connectivity index (χ1v) is 6.46. The molecule has 1 rings (SSSR count). The number of esters is 3. The third kappa shape index (κ3) is 3.07. The van der Waals surface area contributed by atoms with Crippen molar-refractivity contribution in [3.8, 4) is 0 Å². The van der Waals surface area contributed by atoms with E-state index in [4.69, 9.17) is 0 Å². The van der Waals surface area contributed by atoms with Crippen LogP contribution in [0.1, 0.15) is 19.3 Å². The third-order valence-electron chi connectivity index (χ3n) is 3.95. The van der Waals surface area contributed by atoms with Gasteiger partial charge in [0.05, 0.1) is 27.4 Å². The van der Waals surface area contributed by atoms with Crippen LogP contribution in [0.4, 0.5) is 0 Å². The monoisotopic (exact) mass is 300 g/mol. The fraction of sp³-hybridized carbons (Fsp3) is 0.643. The van der Waals surface area contributed by atoms with E-state index in [2.05, 4.69) is 20.8 Å². The van der Waals surface area contributed by atoms with Gasteiger partial charge in [-0.3, -0.25) is 9.59 Å². The van der Waals surface area contributed by atoms with E-state index in [9.17, 15) is 19.5 Å². The maximum absolute atomic E-state index is 12.0. The first kappa shape index (κ1) is 17.2. The highest BCUT2D eigenvalue weighted by atomic mass is 16.5. The molecular weight excluding hydrogens is 280 g/mol. The zero-order valence-electron chi connectivity index (χ0n) is 12.4. The summed E-state index contributed by atoms with van der Waals surface area (Å²) < 4.78 is 13.9. The molecule has 1 aliphatic carbocycles. The first-order valence-electron chi connectivity index (χ1n) is 6.46. The van der Waals surface area contributed by atoms with Gasteiger partial charge in [-0.25, -0.2) is 4.79 Å².